The number of amides is 1. The van der Waals surface area contributed by atoms with E-state index in [1.807, 2.05) is 12.4 Å². The van der Waals surface area contributed by atoms with Gasteiger partial charge in [0.05, 0.1) is 5.92 Å². The number of hydrogen-bond donors (Lipinski definition) is 1. The Labute approximate surface area is 116 Å². The highest BCUT2D eigenvalue weighted by Gasteiger charge is 2.33. The lowest BCUT2D eigenvalue weighted by Crippen LogP contribution is -2.28. The summed E-state index contributed by atoms with van der Waals surface area (Å²) in [7, 11) is 0. The van der Waals surface area contributed by atoms with Crippen molar-refractivity contribution in [3.05, 3.63) is 23.8 Å². The molecule has 2 fully saturated rings. The maximum absolute atomic E-state index is 11.7. The minimum absolute atomic E-state index is 0.0760. The molecule has 0 spiro atoms. The number of carboxylic acid groups (broad SMARTS) is 1. The van der Waals surface area contributed by atoms with Crippen molar-refractivity contribution in [2.75, 3.05) is 13.1 Å². The molecule has 1 saturated heterocycles. The van der Waals surface area contributed by atoms with Gasteiger partial charge in [0.1, 0.15) is 5.82 Å². The molecule has 106 valence electrons. The van der Waals surface area contributed by atoms with Gasteiger partial charge < -0.3 is 10.0 Å². The number of nitrogens with zero attached hydrogens (tertiary/aromatic N) is 3. The molecule has 1 aliphatic heterocycles. The van der Waals surface area contributed by atoms with Crippen molar-refractivity contribution < 1.29 is 14.7 Å². The molecule has 1 N–H and O–H groups in total. The van der Waals surface area contributed by atoms with Crippen LogP contribution in [-0.4, -0.2) is 44.9 Å². The van der Waals surface area contributed by atoms with Crippen LogP contribution < -0.4 is 0 Å². The molecule has 6 nitrogen and oxygen atoms in total. The molecule has 6 heteroatoms. The largest absolute Gasteiger partial charge is 0.481 e. The monoisotopic (exact) mass is 275 g/mol. The molecule has 1 saturated carbocycles. The SMILES string of the molecule is O=C(O)C1CC(=O)N(CCc2cnc(C3CC3)nc2)C1. The molecule has 1 aromatic heterocycles. The summed E-state index contributed by atoms with van der Waals surface area (Å²) in [6.45, 7) is 0.851. The van der Waals surface area contributed by atoms with E-state index in [1.54, 1.807) is 4.90 Å². The first-order chi connectivity index (χ1) is 9.63. The predicted molar refractivity (Wildman–Crippen MR) is 70.0 cm³/mol. The number of aromatic nitrogens is 2. The van der Waals surface area contributed by atoms with E-state index in [0.717, 1.165) is 11.4 Å². The fourth-order valence-electron chi connectivity index (χ4n) is 2.46. The van der Waals surface area contributed by atoms with Gasteiger partial charge in [0.25, 0.3) is 0 Å². The van der Waals surface area contributed by atoms with Crippen LogP contribution in [0.1, 0.15) is 36.6 Å². The maximum atomic E-state index is 11.7. The van der Waals surface area contributed by atoms with Gasteiger partial charge in [-0.25, -0.2) is 9.97 Å². The van der Waals surface area contributed by atoms with Crippen LogP contribution in [0, 0.1) is 5.92 Å². The smallest absolute Gasteiger partial charge is 0.308 e. The molecule has 1 amide bonds. The van der Waals surface area contributed by atoms with Crippen LogP contribution in [-0.2, 0) is 16.0 Å². The van der Waals surface area contributed by atoms with Crippen LogP contribution in [0.4, 0.5) is 0 Å². The average molecular weight is 275 g/mol. The van der Waals surface area contributed by atoms with E-state index in [-0.39, 0.29) is 12.3 Å². The number of carboxylic acids is 1. The van der Waals surface area contributed by atoms with Gasteiger partial charge in [0, 0.05) is 37.8 Å². The van der Waals surface area contributed by atoms with Crippen LogP contribution in [0.2, 0.25) is 0 Å². The van der Waals surface area contributed by atoms with Crippen LogP contribution in [0.25, 0.3) is 0 Å². The summed E-state index contributed by atoms with van der Waals surface area (Å²) in [5.41, 5.74) is 0.987. The highest BCUT2D eigenvalue weighted by atomic mass is 16.4. The topological polar surface area (TPSA) is 83.4 Å². The van der Waals surface area contributed by atoms with Gasteiger partial charge in [0.2, 0.25) is 5.91 Å². The molecular formula is C14H17N3O3. The highest BCUT2D eigenvalue weighted by Crippen LogP contribution is 2.37. The lowest BCUT2D eigenvalue weighted by molar-refractivity contribution is -0.141. The van der Waals surface area contributed by atoms with Crippen LogP contribution >= 0.6 is 0 Å². The second-order valence-corrected chi connectivity index (χ2v) is 5.55. The van der Waals surface area contributed by atoms with E-state index in [4.69, 9.17) is 5.11 Å². The van der Waals surface area contributed by atoms with Gasteiger partial charge in [-0.05, 0) is 24.8 Å². The molecular weight excluding hydrogens is 258 g/mol. The Bertz CT molecular complexity index is 525. The first-order valence-electron chi connectivity index (χ1n) is 6.95. The van der Waals surface area contributed by atoms with E-state index < -0.39 is 11.9 Å². The number of carbonyl (C=O) groups excluding carboxylic acids is 1. The lowest BCUT2D eigenvalue weighted by Gasteiger charge is -2.15. The van der Waals surface area contributed by atoms with E-state index in [1.165, 1.54) is 12.8 Å². The first kappa shape index (κ1) is 13.0. The molecule has 1 aliphatic carbocycles. The third kappa shape index (κ3) is 2.79. The summed E-state index contributed by atoms with van der Waals surface area (Å²) >= 11 is 0. The number of rotatable bonds is 5. The van der Waals surface area contributed by atoms with Crippen molar-refractivity contribution in [2.45, 2.75) is 31.6 Å². The van der Waals surface area contributed by atoms with Gasteiger partial charge in [-0.2, -0.15) is 0 Å². The molecule has 0 aromatic carbocycles. The fourth-order valence-corrected chi connectivity index (χ4v) is 2.46. The number of aliphatic carboxylic acids is 1. The summed E-state index contributed by atoms with van der Waals surface area (Å²) < 4.78 is 0. The summed E-state index contributed by atoms with van der Waals surface area (Å²) in [4.78, 5) is 32.9. The van der Waals surface area contributed by atoms with Crippen molar-refractivity contribution in [1.29, 1.82) is 0 Å². The third-order valence-electron chi connectivity index (χ3n) is 3.90. The Balaban J connectivity index is 1.53. The van der Waals surface area contributed by atoms with Gasteiger partial charge in [0.15, 0.2) is 0 Å². The van der Waals surface area contributed by atoms with Crippen molar-refractivity contribution in [1.82, 2.24) is 14.9 Å². The highest BCUT2D eigenvalue weighted by molar-refractivity contribution is 5.86. The van der Waals surface area contributed by atoms with Crippen LogP contribution in [0.5, 0.6) is 0 Å². The minimum atomic E-state index is -0.891. The predicted octanol–water partition coefficient (Wildman–Crippen LogP) is 0.830. The number of carbonyl (C=O) groups is 2. The first-order valence-corrected chi connectivity index (χ1v) is 6.95. The molecule has 0 radical (unpaired) electrons. The maximum Gasteiger partial charge on any atom is 0.308 e. The second kappa shape index (κ2) is 5.19. The molecule has 2 heterocycles. The van der Waals surface area contributed by atoms with Crippen molar-refractivity contribution in [2.24, 2.45) is 5.92 Å². The summed E-state index contributed by atoms with van der Waals surface area (Å²) in [6, 6.07) is 0. The quantitative estimate of drug-likeness (QED) is 0.860. The zero-order valence-corrected chi connectivity index (χ0v) is 11.2. The van der Waals surface area contributed by atoms with E-state index in [2.05, 4.69) is 9.97 Å². The summed E-state index contributed by atoms with van der Waals surface area (Å²) in [5, 5.41) is 8.92. The van der Waals surface area contributed by atoms with Crippen LogP contribution in [0.3, 0.4) is 0 Å². The number of hydrogen-bond acceptors (Lipinski definition) is 4. The number of likely N-dealkylation sites (tertiary alicyclic amines) is 1. The van der Waals surface area contributed by atoms with E-state index >= 15 is 0 Å². The molecule has 3 rings (SSSR count). The molecule has 1 aromatic rings. The van der Waals surface area contributed by atoms with Gasteiger partial charge in [-0.15, -0.1) is 0 Å². The molecule has 1 atom stereocenters. The summed E-state index contributed by atoms with van der Waals surface area (Å²) in [5.74, 6) is -0.0700. The van der Waals surface area contributed by atoms with Gasteiger partial charge >= 0.3 is 5.97 Å². The standard InChI is InChI=1S/C14H17N3O3/c18-12-5-11(14(19)20)8-17(12)4-3-9-6-15-13(16-7-9)10-1-2-10/h6-7,10-11H,1-5,8H2,(H,19,20). The molecule has 1 unspecified atom stereocenters. The second-order valence-electron chi connectivity index (χ2n) is 5.55. The Kier molecular flexibility index (Phi) is 3.38. The molecule has 2 aliphatic rings. The van der Waals surface area contributed by atoms with Gasteiger partial charge in [-0.3, -0.25) is 9.59 Å². The van der Waals surface area contributed by atoms with Crippen LogP contribution in [0.15, 0.2) is 12.4 Å². The normalized spacial score (nSPS) is 22.3. The Hall–Kier alpha value is -1.98. The molecule has 20 heavy (non-hydrogen) atoms. The fraction of sp³-hybridized carbons (Fsp3) is 0.571. The Morgan fingerprint density at radius 2 is 2.05 bits per heavy atom. The third-order valence-corrected chi connectivity index (χ3v) is 3.90. The van der Waals surface area contributed by atoms with E-state index in [0.29, 0.717) is 25.4 Å². The molecule has 0 bridgehead atoms. The average Bonchev–Trinajstić information content (AvgIpc) is 3.21. The van der Waals surface area contributed by atoms with E-state index in [9.17, 15) is 9.59 Å². The van der Waals surface area contributed by atoms with Crippen molar-refractivity contribution in [3.63, 3.8) is 0 Å². The summed E-state index contributed by atoms with van der Waals surface area (Å²) in [6.07, 6.45) is 6.78. The minimum Gasteiger partial charge on any atom is -0.481 e. The zero-order valence-electron chi connectivity index (χ0n) is 11.2. The lowest BCUT2D eigenvalue weighted by atomic mass is 10.1. The van der Waals surface area contributed by atoms with Gasteiger partial charge in [-0.1, -0.05) is 0 Å². The Morgan fingerprint density at radius 1 is 1.35 bits per heavy atom. The van der Waals surface area contributed by atoms with Crippen molar-refractivity contribution in [3.8, 4) is 0 Å². The zero-order chi connectivity index (χ0) is 14.1. The van der Waals surface area contributed by atoms with Crippen molar-refractivity contribution >= 4 is 11.9 Å². The Morgan fingerprint density at radius 3 is 2.60 bits per heavy atom.